The number of benzene rings is 8. The maximum absolute atomic E-state index is 12.8. The Labute approximate surface area is 856 Å². The highest BCUT2D eigenvalue weighted by atomic mass is 31.2. The van der Waals surface area contributed by atoms with Gasteiger partial charge in [-0.2, -0.15) is 9.13 Å². The topological polar surface area (TPSA) is 143 Å². The highest BCUT2D eigenvalue weighted by molar-refractivity contribution is 7.53. The Kier molecular flexibility index (Phi) is 32.5. The van der Waals surface area contributed by atoms with Crippen LogP contribution in [-0.2, 0) is 99.2 Å². The predicted molar refractivity (Wildman–Crippen MR) is 582 cm³/mol. The van der Waals surface area contributed by atoms with E-state index in [9.17, 15) is 19.3 Å². The van der Waals surface area contributed by atoms with Crippen molar-refractivity contribution < 1.29 is 74.2 Å². The van der Waals surface area contributed by atoms with Gasteiger partial charge in [0.1, 0.15) is 32.8 Å². The minimum absolute atomic E-state index is 0.0911. The van der Waals surface area contributed by atoms with E-state index in [1.807, 2.05) is 32.3 Å². The first-order valence-corrected chi connectivity index (χ1v) is 54.8. The van der Waals surface area contributed by atoms with Crippen LogP contribution in [0.1, 0.15) is 241 Å². The van der Waals surface area contributed by atoms with Crippen LogP contribution in [0.3, 0.4) is 0 Å². The van der Waals surface area contributed by atoms with E-state index >= 15 is 0 Å². The lowest BCUT2D eigenvalue weighted by molar-refractivity contribution is -0.698. The number of aliphatic hydroxyl groups excluding tert-OH is 2. The largest absolute Gasteiger partial charge is 0.390 e. The Hall–Kier alpha value is -11.9. The number of hydrogen-bond acceptors (Lipinski definition) is 8. The second-order valence-electron chi connectivity index (χ2n) is 42.1. The van der Waals surface area contributed by atoms with Crippen LogP contribution in [0.2, 0.25) is 0 Å². The molecule has 0 atom stereocenters. The lowest BCUT2D eigenvalue weighted by atomic mass is 9.67. The highest BCUT2D eigenvalue weighted by Gasteiger charge is 2.51. The van der Waals surface area contributed by atoms with E-state index < -0.39 is 13.0 Å². The summed E-state index contributed by atoms with van der Waals surface area (Å²) >= 11 is 0. The van der Waals surface area contributed by atoms with Gasteiger partial charge in [0.05, 0.1) is 31.4 Å². The van der Waals surface area contributed by atoms with Crippen molar-refractivity contribution >= 4 is 59.4 Å². The Morgan fingerprint density at radius 3 is 1.33 bits per heavy atom. The summed E-state index contributed by atoms with van der Waals surface area (Å²) in [6, 6.07) is 73.8. The molecule has 0 saturated carbocycles. The molecule has 16 nitrogen and oxygen atoms in total. The smallest absolute Gasteiger partial charge is 0.330 e. The minimum Gasteiger partial charge on any atom is -0.390 e. The van der Waals surface area contributed by atoms with Crippen molar-refractivity contribution in [3.63, 3.8) is 0 Å². The first-order chi connectivity index (χ1) is 69.3. The van der Waals surface area contributed by atoms with Crippen LogP contribution >= 0.6 is 16.3 Å². The van der Waals surface area contributed by atoms with E-state index in [0.717, 1.165) is 70.5 Å². The Bertz CT molecular complexity index is 7340. The van der Waals surface area contributed by atoms with Gasteiger partial charge in [0, 0.05) is 179 Å². The summed E-state index contributed by atoms with van der Waals surface area (Å²) in [5.41, 5.74) is 31.4. The average molecular weight is 1970 g/mol. The molecule has 0 amide bonds. The van der Waals surface area contributed by atoms with Gasteiger partial charge in [0.15, 0.2) is 118 Å². The van der Waals surface area contributed by atoms with Crippen LogP contribution in [0, 0.1) is 13.8 Å². The predicted octanol–water partition coefficient (Wildman–Crippen LogP) is 25.0. The van der Waals surface area contributed by atoms with E-state index in [-0.39, 0.29) is 49.0 Å². The summed E-state index contributed by atoms with van der Waals surface area (Å²) < 4.78 is 61.8. The van der Waals surface area contributed by atoms with Gasteiger partial charge in [-0.15, -0.1) is 0 Å². The summed E-state index contributed by atoms with van der Waals surface area (Å²) in [6.07, 6.45) is 39.9. The van der Waals surface area contributed by atoms with Crippen LogP contribution < -0.4 is 36.5 Å². The second-order valence-corrected chi connectivity index (χ2v) is 44.7. The number of ether oxygens (including phenoxy) is 1. The molecule has 0 unspecified atom stereocenters. The quantitative estimate of drug-likeness (QED) is 0.0268. The molecule has 4 aliphatic carbocycles. The van der Waals surface area contributed by atoms with Gasteiger partial charge in [-0.05, 0) is 193 Å². The van der Waals surface area contributed by atoms with Gasteiger partial charge in [0.2, 0.25) is 11.4 Å². The van der Waals surface area contributed by atoms with Gasteiger partial charge in [0.25, 0.3) is 0 Å². The number of aryl methyl sites for hydroxylation is 6. The van der Waals surface area contributed by atoms with Gasteiger partial charge in [-0.3, -0.25) is 9.09 Å². The fourth-order valence-corrected chi connectivity index (χ4v) is 24.9. The SMILES string of the molecule is CCC[n+]1ccc2c(c1)C(CC)(CC)c1c-2ccc2c[n+](CCC)ccc12.CCOCC.CCOP(=O)(CCC[n+]1ccc2c3c(cc(C)c2c1)-c1cc[n+](CCCOP=O)cc1C3(C)C)OCC.Cc1cc2c(c[n+]1-c1ccc(C(C)(C)C)cc1)C(C)(C)c1c-2ccc2c[n+](-c3ccc(C(C)(C)C)cc3)ccc12.OCC[n+]1ccc2c(c1)C(c1ccccc1)(c1ccccc1)c1c-2ccc2c[n+](CCO)ccc12. The number of nitrogens with zero attached hydrogens (tertiary/aromatic N) is 8. The monoisotopic (exact) mass is 1970 g/mol. The highest BCUT2D eigenvalue weighted by Crippen LogP contribution is 2.60. The van der Waals surface area contributed by atoms with Crippen LogP contribution in [0.25, 0.3) is 99.0 Å². The molecule has 0 radical (unpaired) electrons. The standard InChI is InChI=1S/C38H42N2.C31H28N2O2.C28H38N2O5P2.C25H32N2.C4H10O/c1-25-22-33-32-19-10-26-23-39(29-15-11-27(12-16-29)36(2,3)4)21-20-31(26)35(32)38(8,9)34(33)24-40(25)30-17-13-28(14-18-30)37(5,6)7;34-19-17-32-15-13-26-23(21-32)11-12-28-27-14-16-33(18-20-35)22-29(27)31(30(26)28,24-7-3-1-4-8-24)25-9-5-2-6-10-25;1-6-34-37(32,35-7-2)17-9-13-29-15-11-23-25(19-29)21(3)18-24-22-10-14-30(12-8-16-33-36-31)20-26(22)28(4,5)27(23)24;1-5-13-26-15-11-20-19(17-26)9-10-22-21-12-16-27(14-6-2)18-23(21)25(7-3,8-4)24(20)22;1-3-5-4-2/h10-24H,1-9H3;1-16,21-22,34-35H,17-20H2;10-11,14-15,18-20H,6-9,12-13,16-17H2,1-5H3;9-12,15-18H,5-8,13-14H2,1-4H3;3-4H2,1-2H3/q4*+2;. The van der Waals surface area contributed by atoms with E-state index in [2.05, 4.69) is 436 Å². The molecule has 8 heterocycles. The Morgan fingerprint density at radius 1 is 0.375 bits per heavy atom. The van der Waals surface area contributed by atoms with Crippen molar-refractivity contribution in [3.8, 4) is 55.9 Å². The van der Waals surface area contributed by atoms with Gasteiger partial charge in [-0.25, -0.2) is 32.0 Å². The van der Waals surface area contributed by atoms with Crippen LogP contribution in [0.5, 0.6) is 0 Å². The van der Waals surface area contributed by atoms with E-state index in [1.54, 1.807) is 5.56 Å². The summed E-state index contributed by atoms with van der Waals surface area (Å²) in [6.45, 7) is 52.2. The lowest BCUT2D eigenvalue weighted by Crippen LogP contribution is -2.38. The maximum Gasteiger partial charge on any atom is 0.330 e. The Balaban J connectivity index is 0.000000136. The van der Waals surface area contributed by atoms with Crippen molar-refractivity contribution in [2.75, 3.05) is 52.4 Å². The van der Waals surface area contributed by atoms with Crippen molar-refractivity contribution in [2.24, 2.45) is 0 Å². The molecule has 8 aromatic heterocycles. The summed E-state index contributed by atoms with van der Waals surface area (Å²) in [5.74, 6) is 0. The molecule has 0 fully saturated rings. The fraction of sp³-hybridized carbons (Fsp3) is 0.365. The molecule has 20 rings (SSSR count). The fourth-order valence-electron chi connectivity index (χ4n) is 23.0. The summed E-state index contributed by atoms with van der Waals surface area (Å²) in [5, 5.41) is 29.4. The molecule has 8 aromatic carbocycles. The lowest BCUT2D eigenvalue weighted by Gasteiger charge is -2.33. The molecule has 144 heavy (non-hydrogen) atoms. The zero-order valence-corrected chi connectivity index (χ0v) is 90.5. The molecule has 744 valence electrons. The molecular formula is C126H150N8O8P2+8. The average Bonchev–Trinajstić information content (AvgIpc) is 1.53. The van der Waals surface area contributed by atoms with E-state index in [1.165, 1.54) is 172 Å². The second kappa shape index (κ2) is 44.6. The van der Waals surface area contributed by atoms with E-state index in [0.29, 0.717) is 45.5 Å². The number of pyridine rings is 8. The summed E-state index contributed by atoms with van der Waals surface area (Å²) in [4.78, 5) is 0. The molecule has 18 heteroatoms. The normalized spacial score (nSPS) is 13.9. The third-order valence-corrected chi connectivity index (χ3v) is 32.6. The number of fused-ring (bicyclic) bond motifs is 20. The van der Waals surface area contributed by atoms with Crippen molar-refractivity contribution in [2.45, 2.75) is 249 Å². The molecule has 2 N–H and O–H groups in total. The number of hydrogen-bond donors (Lipinski definition) is 2. The molecule has 0 bridgehead atoms. The van der Waals surface area contributed by atoms with Crippen molar-refractivity contribution in [1.29, 1.82) is 0 Å². The zero-order valence-electron chi connectivity index (χ0n) is 88.7. The molecule has 0 spiro atoms. The van der Waals surface area contributed by atoms with Gasteiger partial charge >= 0.3 is 16.3 Å². The van der Waals surface area contributed by atoms with Gasteiger partial charge in [-0.1, -0.05) is 206 Å². The third kappa shape index (κ3) is 20.8. The van der Waals surface area contributed by atoms with Crippen LogP contribution in [-0.4, -0.2) is 62.6 Å². The van der Waals surface area contributed by atoms with E-state index in [4.69, 9.17) is 18.3 Å². The number of rotatable bonds is 29. The molecule has 0 saturated heterocycles. The van der Waals surface area contributed by atoms with Crippen molar-refractivity contribution in [3.05, 3.63) is 371 Å². The molecule has 4 aliphatic rings. The van der Waals surface area contributed by atoms with Crippen molar-refractivity contribution in [1.82, 2.24) is 0 Å². The first kappa shape index (κ1) is 105. The number of aromatic nitrogens is 8. The van der Waals surface area contributed by atoms with Gasteiger partial charge < -0.3 is 24.0 Å². The molecule has 16 aromatic rings. The molecular weight excluding hydrogens is 1820 g/mol. The van der Waals surface area contributed by atoms with Crippen LogP contribution in [0.15, 0.2) is 293 Å². The molecule has 0 aliphatic heterocycles. The van der Waals surface area contributed by atoms with Crippen LogP contribution in [0.4, 0.5) is 0 Å². The first-order valence-electron chi connectivity index (χ1n) is 52.4. The minimum atomic E-state index is -3.03. The maximum atomic E-state index is 12.8. The summed E-state index contributed by atoms with van der Waals surface area (Å²) in [7, 11) is -3.29. The zero-order chi connectivity index (χ0) is 102. The third-order valence-electron chi connectivity index (χ3n) is 30.2. The number of aliphatic hydroxyl groups is 2. The Morgan fingerprint density at radius 2 is 0.806 bits per heavy atom.